The van der Waals surface area contributed by atoms with Crippen LogP contribution in [0.25, 0.3) is 0 Å². The van der Waals surface area contributed by atoms with Crippen molar-refractivity contribution >= 4 is 23.2 Å². The molecule has 0 saturated carbocycles. The maximum Gasteiger partial charge on any atom is 0.190 e. The Kier molecular flexibility index (Phi) is 2.22. The summed E-state index contributed by atoms with van der Waals surface area (Å²) in [6, 6.07) is 0. The van der Waals surface area contributed by atoms with Crippen molar-refractivity contribution in [3.63, 3.8) is 0 Å². The van der Waals surface area contributed by atoms with E-state index < -0.39 is 10.6 Å². The van der Waals surface area contributed by atoms with Crippen LogP contribution in [0.3, 0.4) is 0 Å². The van der Waals surface area contributed by atoms with Crippen molar-refractivity contribution in [2.75, 3.05) is 13.7 Å². The van der Waals surface area contributed by atoms with Crippen LogP contribution < -0.4 is 0 Å². The molecule has 1 saturated heterocycles. The molecule has 0 spiro atoms. The second-order valence-electron chi connectivity index (χ2n) is 1.95. The molecule has 1 rings (SSSR count). The lowest BCUT2D eigenvalue weighted by Gasteiger charge is -2.17. The van der Waals surface area contributed by atoms with Crippen LogP contribution in [0.4, 0.5) is 0 Å². The smallest absolute Gasteiger partial charge is 0.190 e. The zero-order chi connectivity index (χ0) is 6.91. The van der Waals surface area contributed by atoms with Crippen molar-refractivity contribution in [1.29, 1.82) is 0 Å². The van der Waals surface area contributed by atoms with Crippen molar-refractivity contribution in [3.05, 3.63) is 0 Å². The highest BCUT2D eigenvalue weighted by molar-refractivity contribution is 6.48. The fourth-order valence-electron chi connectivity index (χ4n) is 0.782. The van der Waals surface area contributed by atoms with E-state index in [0.717, 1.165) is 0 Å². The number of alkyl halides is 2. The fourth-order valence-corrected chi connectivity index (χ4v) is 1.24. The number of hydrogen-bond acceptors (Lipinski definition) is 2. The molecule has 0 aliphatic carbocycles. The van der Waals surface area contributed by atoms with E-state index in [9.17, 15) is 0 Å². The highest BCUT2D eigenvalue weighted by Crippen LogP contribution is 2.36. The van der Waals surface area contributed by atoms with Gasteiger partial charge in [0.2, 0.25) is 0 Å². The average Bonchev–Trinajstić information content (AvgIpc) is 2.08. The second kappa shape index (κ2) is 2.62. The summed E-state index contributed by atoms with van der Waals surface area (Å²) >= 11 is 11.5. The first-order valence-corrected chi connectivity index (χ1v) is 3.44. The predicted molar refractivity (Wildman–Crippen MR) is 35.8 cm³/mol. The normalized spacial score (nSPS) is 33.0. The molecule has 54 valence electrons. The summed E-state index contributed by atoms with van der Waals surface area (Å²) in [5, 5.41) is 0. The molecule has 4 heteroatoms. The Morgan fingerprint density at radius 1 is 1.67 bits per heavy atom. The molecule has 1 atom stereocenters. The maximum atomic E-state index is 5.75. The molecule has 1 aliphatic heterocycles. The third-order valence-corrected chi connectivity index (χ3v) is 2.00. The van der Waals surface area contributed by atoms with Crippen molar-refractivity contribution in [1.82, 2.24) is 0 Å². The van der Waals surface area contributed by atoms with Crippen molar-refractivity contribution < 1.29 is 9.47 Å². The molecular weight excluding hydrogens is 163 g/mol. The zero-order valence-corrected chi connectivity index (χ0v) is 6.58. The van der Waals surface area contributed by atoms with E-state index in [2.05, 4.69) is 0 Å². The molecule has 2 nitrogen and oxygen atoms in total. The topological polar surface area (TPSA) is 18.5 Å². The zero-order valence-electron chi connectivity index (χ0n) is 5.06. The molecule has 0 aromatic heterocycles. The van der Waals surface area contributed by atoms with Crippen LogP contribution >= 0.6 is 23.2 Å². The van der Waals surface area contributed by atoms with Gasteiger partial charge in [0.05, 0.1) is 6.61 Å². The van der Waals surface area contributed by atoms with Crippen LogP contribution in [0.1, 0.15) is 6.42 Å². The highest BCUT2D eigenvalue weighted by Gasteiger charge is 2.41. The van der Waals surface area contributed by atoms with Gasteiger partial charge in [-0.25, -0.2) is 0 Å². The SMILES string of the molecule is COC1OCCC1(Cl)Cl. The Bertz CT molecular complexity index is 105. The summed E-state index contributed by atoms with van der Waals surface area (Å²) in [5.74, 6) is 0. The maximum absolute atomic E-state index is 5.75. The Labute approximate surface area is 64.0 Å². The van der Waals surface area contributed by atoms with Gasteiger partial charge in [0.15, 0.2) is 10.6 Å². The van der Waals surface area contributed by atoms with E-state index in [1.807, 2.05) is 0 Å². The number of hydrogen-bond donors (Lipinski definition) is 0. The van der Waals surface area contributed by atoms with E-state index in [4.69, 9.17) is 32.7 Å². The molecule has 0 radical (unpaired) electrons. The van der Waals surface area contributed by atoms with Gasteiger partial charge in [0.1, 0.15) is 0 Å². The first kappa shape index (κ1) is 7.61. The summed E-state index contributed by atoms with van der Waals surface area (Å²) < 4.78 is 9.03. The molecule has 1 aliphatic rings. The molecule has 9 heavy (non-hydrogen) atoms. The van der Waals surface area contributed by atoms with Gasteiger partial charge < -0.3 is 9.47 Å². The van der Waals surface area contributed by atoms with Gasteiger partial charge in [0.25, 0.3) is 0 Å². The predicted octanol–water partition coefficient (Wildman–Crippen LogP) is 1.55. The summed E-state index contributed by atoms with van der Waals surface area (Å²) in [5.41, 5.74) is 0. The van der Waals surface area contributed by atoms with E-state index in [1.165, 1.54) is 7.11 Å². The van der Waals surface area contributed by atoms with Gasteiger partial charge in [-0.15, -0.1) is 0 Å². The molecule has 1 heterocycles. The second-order valence-corrected chi connectivity index (χ2v) is 3.49. The standard InChI is InChI=1S/C5H8Cl2O2/c1-8-4-5(6,7)2-3-9-4/h4H,2-3H2,1H3. The van der Waals surface area contributed by atoms with E-state index >= 15 is 0 Å². The van der Waals surface area contributed by atoms with Crippen molar-refractivity contribution in [3.8, 4) is 0 Å². The van der Waals surface area contributed by atoms with Gasteiger partial charge in [-0.05, 0) is 0 Å². The molecule has 1 unspecified atom stereocenters. The lowest BCUT2D eigenvalue weighted by Crippen LogP contribution is -2.27. The van der Waals surface area contributed by atoms with Gasteiger partial charge in [-0.1, -0.05) is 23.2 Å². The summed E-state index contributed by atoms with van der Waals surface area (Å²) in [6.07, 6.45) is 0.176. The monoisotopic (exact) mass is 170 g/mol. The summed E-state index contributed by atoms with van der Waals surface area (Å²) in [6.45, 7) is 0.575. The lowest BCUT2D eigenvalue weighted by molar-refractivity contribution is -0.0916. The van der Waals surface area contributed by atoms with Gasteiger partial charge >= 0.3 is 0 Å². The van der Waals surface area contributed by atoms with Crippen LogP contribution in [0.15, 0.2) is 0 Å². The van der Waals surface area contributed by atoms with Crippen LogP contribution in [-0.2, 0) is 9.47 Å². The fraction of sp³-hybridized carbons (Fsp3) is 1.00. The van der Waals surface area contributed by atoms with E-state index in [-0.39, 0.29) is 0 Å². The third-order valence-electron chi connectivity index (χ3n) is 1.26. The van der Waals surface area contributed by atoms with Crippen LogP contribution in [0, 0.1) is 0 Å². The minimum Gasteiger partial charge on any atom is -0.353 e. The number of halogens is 2. The molecule has 0 bridgehead atoms. The molecule has 0 amide bonds. The van der Waals surface area contributed by atoms with Gasteiger partial charge in [0, 0.05) is 13.5 Å². The Morgan fingerprint density at radius 3 is 2.56 bits per heavy atom. The third kappa shape index (κ3) is 1.49. The van der Waals surface area contributed by atoms with Crippen LogP contribution in [0.2, 0.25) is 0 Å². The minimum absolute atomic E-state index is 0.458. The summed E-state index contributed by atoms with van der Waals surface area (Å²) in [4.78, 5) is 0. The minimum atomic E-state index is -0.839. The first-order valence-electron chi connectivity index (χ1n) is 2.69. The number of ether oxygens (including phenoxy) is 2. The van der Waals surface area contributed by atoms with Crippen molar-refractivity contribution in [2.45, 2.75) is 17.0 Å². The lowest BCUT2D eigenvalue weighted by atomic mass is 10.3. The molecule has 1 fully saturated rings. The van der Waals surface area contributed by atoms with Crippen LogP contribution in [-0.4, -0.2) is 24.3 Å². The molecule has 0 aromatic rings. The van der Waals surface area contributed by atoms with Crippen LogP contribution in [0.5, 0.6) is 0 Å². The van der Waals surface area contributed by atoms with E-state index in [0.29, 0.717) is 13.0 Å². The van der Waals surface area contributed by atoms with E-state index in [1.54, 1.807) is 0 Å². The Morgan fingerprint density at radius 2 is 2.33 bits per heavy atom. The van der Waals surface area contributed by atoms with Gasteiger partial charge in [-0.2, -0.15) is 0 Å². The highest BCUT2D eigenvalue weighted by atomic mass is 35.5. The van der Waals surface area contributed by atoms with Gasteiger partial charge in [-0.3, -0.25) is 0 Å². The molecule has 0 aromatic carbocycles. The molecular formula is C5H8Cl2O2. The first-order chi connectivity index (χ1) is 4.17. The summed E-state index contributed by atoms with van der Waals surface area (Å²) in [7, 11) is 1.52. The average molecular weight is 171 g/mol. The largest absolute Gasteiger partial charge is 0.353 e. The Balaban J connectivity index is 2.52. The number of methoxy groups -OCH3 is 1. The molecule has 0 N–H and O–H groups in total. The number of rotatable bonds is 1. The Hall–Kier alpha value is 0.500. The quantitative estimate of drug-likeness (QED) is 0.557. The van der Waals surface area contributed by atoms with Crippen molar-refractivity contribution in [2.24, 2.45) is 0 Å².